The molecule has 3 atom stereocenters. The van der Waals surface area contributed by atoms with Crippen molar-refractivity contribution in [1.82, 2.24) is 4.98 Å². The van der Waals surface area contributed by atoms with Crippen molar-refractivity contribution >= 4 is 10.8 Å². The van der Waals surface area contributed by atoms with Crippen LogP contribution < -0.4 is 0 Å². The summed E-state index contributed by atoms with van der Waals surface area (Å²) in [4.78, 5) is 4.28. The first-order chi connectivity index (χ1) is 10.3. The molecule has 0 spiro atoms. The Balaban J connectivity index is 1.65. The molecule has 2 heteroatoms. The van der Waals surface area contributed by atoms with E-state index in [-0.39, 0.29) is 0 Å². The molecule has 0 amide bonds. The van der Waals surface area contributed by atoms with Gasteiger partial charge in [0.1, 0.15) is 0 Å². The van der Waals surface area contributed by atoms with Crippen LogP contribution in [0.5, 0.6) is 0 Å². The minimum atomic E-state index is -0.436. The third-order valence-corrected chi connectivity index (χ3v) is 4.49. The van der Waals surface area contributed by atoms with E-state index in [1.54, 1.807) is 0 Å². The van der Waals surface area contributed by atoms with Gasteiger partial charge in [-0.15, -0.1) is 0 Å². The third-order valence-electron chi connectivity index (χ3n) is 4.49. The summed E-state index contributed by atoms with van der Waals surface area (Å²) in [5, 5.41) is 12.9. The van der Waals surface area contributed by atoms with E-state index in [0.29, 0.717) is 11.8 Å². The first-order valence-electron chi connectivity index (χ1n) is 7.40. The summed E-state index contributed by atoms with van der Waals surface area (Å²) in [6.45, 7) is 0. The van der Waals surface area contributed by atoms with Crippen molar-refractivity contribution in [3.8, 4) is 0 Å². The number of pyridine rings is 1. The highest BCUT2D eigenvalue weighted by atomic mass is 16.3. The maximum Gasteiger partial charge on any atom is 0.0845 e. The van der Waals surface area contributed by atoms with Crippen LogP contribution in [0.15, 0.2) is 67.0 Å². The Morgan fingerprint density at radius 1 is 0.952 bits per heavy atom. The van der Waals surface area contributed by atoms with Gasteiger partial charge in [-0.25, -0.2) is 0 Å². The predicted molar refractivity (Wildman–Crippen MR) is 84.0 cm³/mol. The first-order valence-corrected chi connectivity index (χ1v) is 7.40. The third kappa shape index (κ3) is 2.22. The summed E-state index contributed by atoms with van der Waals surface area (Å²) < 4.78 is 0. The lowest BCUT2D eigenvalue weighted by Gasteiger charge is -2.13. The van der Waals surface area contributed by atoms with Gasteiger partial charge in [0.05, 0.1) is 6.10 Å². The Labute approximate surface area is 124 Å². The zero-order chi connectivity index (χ0) is 14.2. The van der Waals surface area contributed by atoms with Crippen LogP contribution in [-0.4, -0.2) is 10.1 Å². The minimum Gasteiger partial charge on any atom is -0.388 e. The first kappa shape index (κ1) is 12.5. The van der Waals surface area contributed by atoms with E-state index in [1.807, 2.05) is 36.7 Å². The molecule has 1 aromatic heterocycles. The van der Waals surface area contributed by atoms with Gasteiger partial charge in [0.15, 0.2) is 0 Å². The van der Waals surface area contributed by atoms with Gasteiger partial charge in [-0.1, -0.05) is 54.6 Å². The van der Waals surface area contributed by atoms with Crippen LogP contribution in [-0.2, 0) is 0 Å². The molecule has 1 N–H and O–H groups in total. The van der Waals surface area contributed by atoms with Crippen LogP contribution in [0, 0.1) is 5.92 Å². The molecule has 1 heterocycles. The SMILES string of the molecule is OC(c1cncc2ccccc12)C1CC1c1ccccc1. The van der Waals surface area contributed by atoms with Crippen LogP contribution in [0.2, 0.25) is 0 Å². The molecule has 0 aliphatic heterocycles. The van der Waals surface area contributed by atoms with Gasteiger partial charge >= 0.3 is 0 Å². The maximum absolute atomic E-state index is 10.8. The number of aromatic nitrogens is 1. The Hall–Kier alpha value is -2.19. The number of fused-ring (bicyclic) bond motifs is 1. The summed E-state index contributed by atoms with van der Waals surface area (Å²) >= 11 is 0. The van der Waals surface area contributed by atoms with Gasteiger partial charge in [0, 0.05) is 23.3 Å². The summed E-state index contributed by atoms with van der Waals surface area (Å²) in [7, 11) is 0. The molecule has 104 valence electrons. The molecule has 2 nitrogen and oxygen atoms in total. The lowest BCUT2D eigenvalue weighted by atomic mass is 9.98. The van der Waals surface area contributed by atoms with Crippen LogP contribution >= 0.6 is 0 Å². The van der Waals surface area contributed by atoms with Crippen molar-refractivity contribution in [2.75, 3.05) is 0 Å². The highest BCUT2D eigenvalue weighted by Gasteiger charge is 2.44. The second-order valence-corrected chi connectivity index (χ2v) is 5.81. The molecule has 1 aliphatic rings. The van der Waals surface area contributed by atoms with E-state index < -0.39 is 6.10 Å². The Morgan fingerprint density at radius 3 is 2.57 bits per heavy atom. The summed E-state index contributed by atoms with van der Waals surface area (Å²) in [5.41, 5.74) is 2.28. The van der Waals surface area contributed by atoms with Gasteiger partial charge in [0.25, 0.3) is 0 Å². The largest absolute Gasteiger partial charge is 0.388 e. The van der Waals surface area contributed by atoms with E-state index in [0.717, 1.165) is 22.8 Å². The van der Waals surface area contributed by atoms with Crippen molar-refractivity contribution in [3.05, 3.63) is 78.1 Å². The Kier molecular flexibility index (Phi) is 2.97. The van der Waals surface area contributed by atoms with Crippen molar-refractivity contribution in [2.24, 2.45) is 5.92 Å². The minimum absolute atomic E-state index is 0.306. The molecule has 1 aliphatic carbocycles. The van der Waals surface area contributed by atoms with E-state index in [1.165, 1.54) is 5.56 Å². The molecule has 3 aromatic rings. The van der Waals surface area contributed by atoms with Gasteiger partial charge in [0.2, 0.25) is 0 Å². The fourth-order valence-electron chi connectivity index (χ4n) is 3.25. The standard InChI is InChI=1S/C19H17NO/c21-19(17-10-16(17)13-6-2-1-3-7-13)18-12-20-11-14-8-4-5-9-15(14)18/h1-9,11-12,16-17,19,21H,10H2. The van der Waals surface area contributed by atoms with Crippen molar-refractivity contribution in [3.63, 3.8) is 0 Å². The second kappa shape index (κ2) is 4.97. The van der Waals surface area contributed by atoms with Gasteiger partial charge in [-0.2, -0.15) is 0 Å². The number of aliphatic hydroxyl groups is 1. The molecular formula is C19H17NO. The number of hydrogen-bond acceptors (Lipinski definition) is 2. The van der Waals surface area contributed by atoms with Crippen molar-refractivity contribution in [2.45, 2.75) is 18.4 Å². The Bertz CT molecular complexity index is 763. The molecule has 1 saturated carbocycles. The average molecular weight is 275 g/mol. The van der Waals surface area contributed by atoms with Crippen LogP contribution in [0.25, 0.3) is 10.8 Å². The molecule has 0 bridgehead atoms. The second-order valence-electron chi connectivity index (χ2n) is 5.81. The van der Waals surface area contributed by atoms with Gasteiger partial charge in [-0.3, -0.25) is 4.98 Å². The summed E-state index contributed by atoms with van der Waals surface area (Å²) in [6.07, 6.45) is 4.28. The molecule has 2 aromatic carbocycles. The van der Waals surface area contributed by atoms with Crippen LogP contribution in [0.1, 0.15) is 29.6 Å². The Morgan fingerprint density at radius 2 is 1.71 bits per heavy atom. The number of rotatable bonds is 3. The highest BCUT2D eigenvalue weighted by molar-refractivity contribution is 5.85. The molecule has 4 rings (SSSR count). The van der Waals surface area contributed by atoms with Crippen LogP contribution in [0.3, 0.4) is 0 Å². The average Bonchev–Trinajstić information content (AvgIpc) is 3.35. The fourth-order valence-corrected chi connectivity index (χ4v) is 3.25. The van der Waals surface area contributed by atoms with Gasteiger partial charge in [-0.05, 0) is 29.2 Å². The monoisotopic (exact) mass is 275 g/mol. The summed E-state index contributed by atoms with van der Waals surface area (Å²) in [5.74, 6) is 0.778. The predicted octanol–water partition coefficient (Wildman–Crippen LogP) is 4.07. The normalized spacial score (nSPS) is 22.1. The molecular weight excluding hydrogens is 258 g/mol. The number of hydrogen-bond donors (Lipinski definition) is 1. The highest BCUT2D eigenvalue weighted by Crippen LogP contribution is 2.54. The van der Waals surface area contributed by atoms with E-state index in [4.69, 9.17) is 0 Å². The zero-order valence-corrected chi connectivity index (χ0v) is 11.7. The summed E-state index contributed by atoms with van der Waals surface area (Å²) in [6, 6.07) is 18.6. The lowest BCUT2D eigenvalue weighted by molar-refractivity contribution is 0.152. The molecule has 21 heavy (non-hydrogen) atoms. The molecule has 1 fully saturated rings. The molecule has 0 saturated heterocycles. The number of nitrogens with zero attached hydrogens (tertiary/aromatic N) is 1. The van der Waals surface area contributed by atoms with Crippen LogP contribution in [0.4, 0.5) is 0 Å². The van der Waals surface area contributed by atoms with E-state index >= 15 is 0 Å². The molecule has 3 unspecified atom stereocenters. The lowest BCUT2D eigenvalue weighted by Crippen LogP contribution is -2.03. The van der Waals surface area contributed by atoms with Crippen molar-refractivity contribution < 1.29 is 5.11 Å². The van der Waals surface area contributed by atoms with E-state index in [2.05, 4.69) is 35.3 Å². The zero-order valence-electron chi connectivity index (χ0n) is 11.7. The van der Waals surface area contributed by atoms with Gasteiger partial charge < -0.3 is 5.11 Å². The fraction of sp³-hybridized carbons (Fsp3) is 0.211. The maximum atomic E-state index is 10.8. The van der Waals surface area contributed by atoms with Crippen molar-refractivity contribution in [1.29, 1.82) is 0 Å². The smallest absolute Gasteiger partial charge is 0.0845 e. The quantitative estimate of drug-likeness (QED) is 0.781. The number of benzene rings is 2. The molecule has 0 radical (unpaired) electrons. The number of aliphatic hydroxyl groups excluding tert-OH is 1. The topological polar surface area (TPSA) is 33.1 Å². The van der Waals surface area contributed by atoms with E-state index in [9.17, 15) is 5.11 Å².